The normalized spacial score (nSPS) is 18.9. The van der Waals surface area contributed by atoms with E-state index in [1.165, 1.54) is 0 Å². The average Bonchev–Trinajstić information content (AvgIpc) is 2.72. The molecule has 0 radical (unpaired) electrons. The van der Waals surface area contributed by atoms with Crippen molar-refractivity contribution in [1.29, 1.82) is 0 Å². The van der Waals surface area contributed by atoms with Crippen molar-refractivity contribution in [2.75, 3.05) is 13.7 Å². The van der Waals surface area contributed by atoms with Crippen LogP contribution in [0.3, 0.4) is 0 Å². The Kier molecular flexibility index (Phi) is 5.40. The van der Waals surface area contributed by atoms with E-state index < -0.39 is 17.4 Å². The maximum Gasteiger partial charge on any atom is 0.376 e. The Morgan fingerprint density at radius 1 is 1.17 bits per heavy atom. The van der Waals surface area contributed by atoms with E-state index in [9.17, 15) is 19.8 Å². The molecule has 1 aliphatic carbocycles. The number of aliphatic hydroxyl groups is 1. The summed E-state index contributed by atoms with van der Waals surface area (Å²) in [5, 5.41) is 21.3. The average molecular weight is 415 g/mol. The molecule has 8 heteroatoms. The zero-order valence-corrected chi connectivity index (χ0v) is 17.1. The second-order valence-electron chi connectivity index (χ2n) is 8.03. The first-order valence-electron chi connectivity index (χ1n) is 10.4. The van der Waals surface area contributed by atoms with Crippen LogP contribution in [0.1, 0.15) is 50.5 Å². The molecule has 1 aliphatic heterocycles. The number of benzene rings is 1. The molecule has 30 heavy (non-hydrogen) atoms. The molecular weight excluding hydrogens is 388 g/mol. The molecule has 1 saturated carbocycles. The van der Waals surface area contributed by atoms with Crippen LogP contribution in [-0.4, -0.2) is 45.9 Å². The fourth-order valence-corrected chi connectivity index (χ4v) is 4.50. The van der Waals surface area contributed by atoms with Gasteiger partial charge >= 0.3 is 11.9 Å². The highest BCUT2D eigenvalue weighted by Gasteiger charge is 2.46. The Hall–Kier alpha value is -3.03. The van der Waals surface area contributed by atoms with E-state index in [2.05, 4.69) is 4.99 Å². The lowest BCUT2D eigenvalue weighted by Crippen LogP contribution is -2.91. The molecule has 2 aromatic rings. The van der Waals surface area contributed by atoms with Crippen LogP contribution < -0.4 is 20.0 Å². The second kappa shape index (κ2) is 8.01. The number of methoxy groups -OCH3 is 1. The topological polar surface area (TPSA) is 112 Å². The molecule has 2 heterocycles. The van der Waals surface area contributed by atoms with Crippen molar-refractivity contribution < 1.29 is 29.5 Å². The van der Waals surface area contributed by atoms with Gasteiger partial charge < -0.3 is 24.3 Å². The van der Waals surface area contributed by atoms with Gasteiger partial charge in [0.15, 0.2) is 17.1 Å². The minimum atomic E-state index is -1.26. The monoisotopic (exact) mass is 415 g/mol. The third-order valence-corrected chi connectivity index (χ3v) is 6.14. The lowest BCUT2D eigenvalue weighted by molar-refractivity contribution is -0.550. The number of carbonyl (C=O) groups is 1. The lowest BCUT2D eigenvalue weighted by Gasteiger charge is -2.24. The molecule has 4 rings (SSSR count). The standard InChI is InChI=1S/C22H26N2O6/c1-29-16-8-7-14-13-15(19(25)23-22(21(27)28)9-3-2-4-10-22)20(26)24-11-5-6-12-30-18(16)17(14)24/h7-8,13H,2-6,9-12H2,1H3,(H,23,25)(H,27,28)/p+1. The molecule has 3 N–H and O–H groups in total. The van der Waals surface area contributed by atoms with Gasteiger partial charge in [-0.05, 0) is 43.9 Å². The minimum Gasteiger partial charge on any atom is -0.493 e. The van der Waals surface area contributed by atoms with Crippen molar-refractivity contribution in [3.8, 4) is 11.5 Å². The fourth-order valence-electron chi connectivity index (χ4n) is 4.50. The molecular formula is C22H27N2O6+. The molecule has 160 valence electrons. The summed E-state index contributed by atoms with van der Waals surface area (Å²) in [6.07, 6.45) is 4.83. The van der Waals surface area contributed by atoms with Crippen molar-refractivity contribution in [2.24, 2.45) is 0 Å². The molecule has 0 atom stereocenters. The summed E-state index contributed by atoms with van der Waals surface area (Å²) in [5.74, 6) is -0.344. The van der Waals surface area contributed by atoms with Crippen LogP contribution >= 0.6 is 0 Å². The van der Waals surface area contributed by atoms with Gasteiger partial charge in [0.2, 0.25) is 0 Å². The first kappa shape index (κ1) is 20.3. The SMILES string of the molecule is COc1ccc2cc(C(O)=[NH+]C3(C(=O)O)CCCCC3)c(=O)n3c2c1OCCCC3. The number of nitrogens with one attached hydrogen (secondary N) is 1. The second-order valence-corrected chi connectivity index (χ2v) is 8.03. The number of aliphatic carboxylic acids is 1. The van der Waals surface area contributed by atoms with Gasteiger partial charge in [-0.2, -0.15) is 4.99 Å². The van der Waals surface area contributed by atoms with Crippen LogP contribution in [0.15, 0.2) is 23.0 Å². The number of carboxylic acids is 1. The zero-order valence-electron chi connectivity index (χ0n) is 17.1. The molecule has 1 fully saturated rings. The van der Waals surface area contributed by atoms with E-state index in [1.807, 2.05) is 6.07 Å². The van der Waals surface area contributed by atoms with E-state index >= 15 is 0 Å². The van der Waals surface area contributed by atoms with E-state index in [4.69, 9.17) is 9.47 Å². The van der Waals surface area contributed by atoms with E-state index in [0.717, 1.165) is 32.1 Å². The number of hydrogen-bond donors (Lipinski definition) is 3. The number of pyridine rings is 1. The number of ether oxygens (including phenoxy) is 2. The summed E-state index contributed by atoms with van der Waals surface area (Å²) in [4.78, 5) is 28.1. The third kappa shape index (κ3) is 3.40. The molecule has 0 amide bonds. The Bertz CT molecular complexity index is 1070. The van der Waals surface area contributed by atoms with Gasteiger partial charge in [-0.15, -0.1) is 0 Å². The summed E-state index contributed by atoms with van der Waals surface area (Å²) in [7, 11) is 1.55. The third-order valence-electron chi connectivity index (χ3n) is 6.14. The van der Waals surface area contributed by atoms with Gasteiger partial charge in [-0.25, -0.2) is 4.79 Å². The molecule has 0 spiro atoms. The summed E-state index contributed by atoms with van der Waals surface area (Å²) in [6, 6.07) is 5.16. The van der Waals surface area contributed by atoms with Gasteiger partial charge in [0.1, 0.15) is 0 Å². The van der Waals surface area contributed by atoms with Crippen LogP contribution in [0.25, 0.3) is 10.9 Å². The predicted molar refractivity (Wildman–Crippen MR) is 111 cm³/mol. The number of aryl methyl sites for hydroxylation is 1. The van der Waals surface area contributed by atoms with E-state index in [-0.39, 0.29) is 11.1 Å². The van der Waals surface area contributed by atoms with Crippen molar-refractivity contribution in [2.45, 2.75) is 57.0 Å². The van der Waals surface area contributed by atoms with Crippen molar-refractivity contribution in [3.05, 3.63) is 34.1 Å². The highest BCUT2D eigenvalue weighted by molar-refractivity contribution is 5.96. The fraction of sp³-hybridized carbons (Fsp3) is 0.500. The van der Waals surface area contributed by atoms with Crippen molar-refractivity contribution in [1.82, 2.24) is 4.57 Å². The lowest BCUT2D eigenvalue weighted by atomic mass is 9.82. The predicted octanol–water partition coefficient (Wildman–Crippen LogP) is 1.36. The van der Waals surface area contributed by atoms with Crippen LogP contribution in [-0.2, 0) is 11.3 Å². The summed E-state index contributed by atoms with van der Waals surface area (Å²) in [5.41, 5.74) is -0.954. The Labute approximate surface area is 173 Å². The highest BCUT2D eigenvalue weighted by Crippen LogP contribution is 2.36. The minimum absolute atomic E-state index is 0.0605. The van der Waals surface area contributed by atoms with Crippen LogP contribution in [0, 0.1) is 0 Å². The smallest absolute Gasteiger partial charge is 0.376 e. The molecule has 0 saturated heterocycles. The van der Waals surface area contributed by atoms with Gasteiger partial charge in [-0.3, -0.25) is 4.79 Å². The van der Waals surface area contributed by atoms with Crippen LogP contribution in [0.4, 0.5) is 0 Å². The molecule has 8 nitrogen and oxygen atoms in total. The zero-order chi connectivity index (χ0) is 21.3. The van der Waals surface area contributed by atoms with Gasteiger partial charge in [0.25, 0.3) is 11.1 Å². The molecule has 0 unspecified atom stereocenters. The number of hydrogen-bond acceptors (Lipinski definition) is 4. The largest absolute Gasteiger partial charge is 0.493 e. The van der Waals surface area contributed by atoms with Gasteiger partial charge in [-0.1, -0.05) is 6.42 Å². The van der Waals surface area contributed by atoms with Crippen LogP contribution in [0.2, 0.25) is 0 Å². The molecule has 1 aromatic carbocycles. The van der Waals surface area contributed by atoms with Crippen molar-refractivity contribution in [3.63, 3.8) is 0 Å². The van der Waals surface area contributed by atoms with Crippen LogP contribution in [0.5, 0.6) is 11.5 Å². The first-order valence-corrected chi connectivity index (χ1v) is 10.4. The number of nitrogens with zero attached hydrogens (tertiary/aromatic N) is 1. The number of rotatable bonds is 4. The molecule has 0 bridgehead atoms. The summed E-state index contributed by atoms with van der Waals surface area (Å²) in [6.45, 7) is 1.01. The van der Waals surface area contributed by atoms with E-state index in [0.29, 0.717) is 48.4 Å². The maximum atomic E-state index is 13.3. The number of carboxylic acid groups (broad SMARTS) is 1. The summed E-state index contributed by atoms with van der Waals surface area (Å²) < 4.78 is 12.9. The number of aliphatic hydroxyl groups excluding tert-OH is 1. The summed E-state index contributed by atoms with van der Waals surface area (Å²) >= 11 is 0. The van der Waals surface area contributed by atoms with Gasteiger partial charge in [0.05, 0.1) is 19.2 Å². The Morgan fingerprint density at radius 2 is 1.93 bits per heavy atom. The first-order chi connectivity index (χ1) is 14.5. The molecule has 2 aliphatic rings. The highest BCUT2D eigenvalue weighted by atomic mass is 16.5. The van der Waals surface area contributed by atoms with Crippen molar-refractivity contribution >= 4 is 22.8 Å². The van der Waals surface area contributed by atoms with E-state index in [1.54, 1.807) is 23.8 Å². The Morgan fingerprint density at radius 3 is 2.63 bits per heavy atom. The number of aromatic nitrogens is 1. The quantitative estimate of drug-likeness (QED) is 0.514. The van der Waals surface area contributed by atoms with Gasteiger partial charge in [0, 0.05) is 24.8 Å². The maximum absolute atomic E-state index is 13.3. The Balaban J connectivity index is 1.91. The molecule has 1 aromatic heterocycles.